The second-order valence-corrected chi connectivity index (χ2v) is 5.39. The number of carbonyl (C=O) groups is 3. The van der Waals surface area contributed by atoms with Crippen LogP contribution in [0.25, 0.3) is 0 Å². The number of hydrogen-bond acceptors (Lipinski definition) is 6. The summed E-state index contributed by atoms with van der Waals surface area (Å²) in [5.41, 5.74) is 5.99. The number of nitrogens with two attached hydrogens (primary N) is 1. The third-order valence-corrected chi connectivity index (χ3v) is 2.42. The van der Waals surface area contributed by atoms with E-state index in [2.05, 4.69) is 0 Å². The summed E-state index contributed by atoms with van der Waals surface area (Å²) in [4.78, 5) is 35.2. The van der Waals surface area contributed by atoms with Gasteiger partial charge in [0, 0.05) is 25.6 Å². The third kappa shape index (κ3) is 4.08. The summed E-state index contributed by atoms with van der Waals surface area (Å²) in [6, 6.07) is 0. The fourth-order valence-electron chi connectivity index (χ4n) is 1.75. The number of cyclic esters (lactones) is 2. The minimum atomic E-state index is -1.57. The van der Waals surface area contributed by atoms with E-state index in [4.69, 9.17) is 15.2 Å². The Kier molecular flexibility index (Phi) is 4.34. The summed E-state index contributed by atoms with van der Waals surface area (Å²) in [5.74, 6) is -5.15. The van der Waals surface area contributed by atoms with Crippen LogP contribution in [-0.4, -0.2) is 23.5 Å². The molecule has 0 aromatic rings. The van der Waals surface area contributed by atoms with E-state index in [1.54, 1.807) is 0 Å². The van der Waals surface area contributed by atoms with Crippen molar-refractivity contribution < 1.29 is 23.9 Å². The van der Waals surface area contributed by atoms with E-state index in [1.807, 2.05) is 13.8 Å². The van der Waals surface area contributed by atoms with Gasteiger partial charge in [-0.25, -0.2) is 0 Å². The predicted molar refractivity (Wildman–Crippen MR) is 66.5 cm³/mol. The summed E-state index contributed by atoms with van der Waals surface area (Å²) >= 11 is 0. The first kappa shape index (κ1) is 15.2. The minimum absolute atomic E-state index is 0.272. The zero-order chi connectivity index (χ0) is 14.8. The smallest absolute Gasteiger partial charge is 0.331 e. The molecule has 1 saturated heterocycles. The maximum atomic E-state index is 11.9. The van der Waals surface area contributed by atoms with E-state index in [0.717, 1.165) is 6.08 Å². The first-order chi connectivity index (χ1) is 8.62. The van der Waals surface area contributed by atoms with Crippen LogP contribution in [0.3, 0.4) is 0 Å². The molecule has 0 unspecified atom stereocenters. The summed E-state index contributed by atoms with van der Waals surface area (Å²) in [6.45, 7) is 6.73. The van der Waals surface area contributed by atoms with Crippen molar-refractivity contribution in [2.24, 2.45) is 17.6 Å². The lowest BCUT2D eigenvalue weighted by atomic mass is 10.00. The SMILES string of the molecule is CC(C)CC(N)=CC(=O)C1C(=O)OC(C)(C)OC1=O. The molecule has 1 rings (SSSR count). The fourth-order valence-corrected chi connectivity index (χ4v) is 1.75. The predicted octanol–water partition coefficient (Wildman–Crippen LogP) is 0.896. The monoisotopic (exact) mass is 269 g/mol. The Morgan fingerprint density at radius 1 is 1.32 bits per heavy atom. The Morgan fingerprint density at radius 3 is 2.21 bits per heavy atom. The van der Waals surface area contributed by atoms with Gasteiger partial charge in [-0.05, 0) is 12.3 Å². The zero-order valence-corrected chi connectivity index (χ0v) is 11.6. The largest absolute Gasteiger partial charge is 0.422 e. The first-order valence-corrected chi connectivity index (χ1v) is 6.08. The molecule has 19 heavy (non-hydrogen) atoms. The van der Waals surface area contributed by atoms with Gasteiger partial charge in [0.1, 0.15) is 0 Å². The van der Waals surface area contributed by atoms with Gasteiger partial charge in [0.15, 0.2) is 5.78 Å². The highest BCUT2D eigenvalue weighted by Gasteiger charge is 2.46. The van der Waals surface area contributed by atoms with E-state index < -0.39 is 29.4 Å². The number of ether oxygens (including phenoxy) is 2. The quantitative estimate of drug-likeness (QED) is 0.462. The van der Waals surface area contributed by atoms with Crippen molar-refractivity contribution in [2.75, 3.05) is 0 Å². The zero-order valence-electron chi connectivity index (χ0n) is 11.6. The van der Waals surface area contributed by atoms with Crippen LogP contribution in [0.4, 0.5) is 0 Å². The van der Waals surface area contributed by atoms with Crippen molar-refractivity contribution in [3.05, 3.63) is 11.8 Å². The van der Waals surface area contributed by atoms with Gasteiger partial charge in [0.2, 0.25) is 5.92 Å². The molecule has 2 N–H and O–H groups in total. The van der Waals surface area contributed by atoms with Crippen molar-refractivity contribution in [1.82, 2.24) is 0 Å². The Bertz CT molecular complexity index is 416. The van der Waals surface area contributed by atoms with Gasteiger partial charge in [-0.15, -0.1) is 0 Å². The molecule has 0 aromatic heterocycles. The highest BCUT2D eigenvalue weighted by molar-refractivity contribution is 6.19. The van der Waals surface area contributed by atoms with Crippen LogP contribution < -0.4 is 5.73 Å². The lowest BCUT2D eigenvalue weighted by Gasteiger charge is -2.31. The summed E-state index contributed by atoms with van der Waals surface area (Å²) in [7, 11) is 0. The standard InChI is InChI=1S/C13H19NO5/c1-7(2)5-8(14)6-9(15)10-11(16)18-13(3,4)19-12(10)17/h6-7,10H,5,14H2,1-4H3. The topological polar surface area (TPSA) is 95.7 Å². The van der Waals surface area contributed by atoms with Crippen LogP contribution in [0.1, 0.15) is 34.1 Å². The highest BCUT2D eigenvalue weighted by Crippen LogP contribution is 2.24. The van der Waals surface area contributed by atoms with Crippen LogP contribution in [0.15, 0.2) is 11.8 Å². The number of hydrogen-bond donors (Lipinski definition) is 1. The maximum Gasteiger partial charge on any atom is 0.331 e. The molecule has 1 heterocycles. The molecule has 0 saturated carbocycles. The second-order valence-electron chi connectivity index (χ2n) is 5.39. The van der Waals surface area contributed by atoms with Gasteiger partial charge in [-0.1, -0.05) is 13.8 Å². The minimum Gasteiger partial charge on any atom is -0.422 e. The molecule has 0 radical (unpaired) electrons. The van der Waals surface area contributed by atoms with Gasteiger partial charge in [0.05, 0.1) is 0 Å². The van der Waals surface area contributed by atoms with E-state index in [1.165, 1.54) is 13.8 Å². The molecule has 6 heteroatoms. The summed E-state index contributed by atoms with van der Waals surface area (Å²) < 4.78 is 9.74. The van der Waals surface area contributed by atoms with Gasteiger partial charge in [-0.2, -0.15) is 0 Å². The molecule has 106 valence electrons. The van der Waals surface area contributed by atoms with Crippen molar-refractivity contribution in [1.29, 1.82) is 0 Å². The van der Waals surface area contributed by atoms with Crippen LogP contribution >= 0.6 is 0 Å². The Hall–Kier alpha value is -1.85. The average molecular weight is 269 g/mol. The Labute approximate surface area is 111 Å². The van der Waals surface area contributed by atoms with Crippen LogP contribution in [-0.2, 0) is 23.9 Å². The highest BCUT2D eigenvalue weighted by atomic mass is 16.7. The molecule has 0 spiro atoms. The number of rotatable bonds is 4. The van der Waals surface area contributed by atoms with E-state index in [9.17, 15) is 14.4 Å². The lowest BCUT2D eigenvalue weighted by molar-refractivity contribution is -0.238. The average Bonchev–Trinajstić information content (AvgIpc) is 2.10. The van der Waals surface area contributed by atoms with Crippen LogP contribution in [0, 0.1) is 11.8 Å². The summed E-state index contributed by atoms with van der Waals surface area (Å²) in [6.07, 6.45) is 1.61. The molecule has 0 aliphatic carbocycles. The van der Waals surface area contributed by atoms with Crippen molar-refractivity contribution in [3.63, 3.8) is 0 Å². The molecule has 0 bridgehead atoms. The van der Waals surface area contributed by atoms with Gasteiger partial charge in [-0.3, -0.25) is 14.4 Å². The van der Waals surface area contributed by atoms with Crippen molar-refractivity contribution >= 4 is 17.7 Å². The number of carbonyl (C=O) groups excluding carboxylic acids is 3. The molecule has 1 aliphatic rings. The molecule has 0 aromatic carbocycles. The van der Waals surface area contributed by atoms with Crippen LogP contribution in [0.2, 0.25) is 0 Å². The third-order valence-electron chi connectivity index (χ3n) is 2.42. The first-order valence-electron chi connectivity index (χ1n) is 6.08. The van der Waals surface area contributed by atoms with Crippen LogP contribution in [0.5, 0.6) is 0 Å². The molecule has 0 atom stereocenters. The fraction of sp³-hybridized carbons (Fsp3) is 0.615. The van der Waals surface area contributed by atoms with Gasteiger partial charge in [0.25, 0.3) is 5.79 Å². The van der Waals surface area contributed by atoms with E-state index in [-0.39, 0.29) is 5.92 Å². The molecule has 6 nitrogen and oxygen atoms in total. The molecule has 1 fully saturated rings. The van der Waals surface area contributed by atoms with Crippen molar-refractivity contribution in [3.8, 4) is 0 Å². The lowest BCUT2D eigenvalue weighted by Crippen LogP contribution is -2.48. The molecular formula is C13H19NO5. The summed E-state index contributed by atoms with van der Waals surface area (Å²) in [5, 5.41) is 0. The normalized spacial score (nSPS) is 20.2. The Morgan fingerprint density at radius 2 is 1.79 bits per heavy atom. The Balaban J connectivity index is 2.83. The maximum absolute atomic E-state index is 11.9. The van der Waals surface area contributed by atoms with E-state index in [0.29, 0.717) is 12.1 Å². The van der Waals surface area contributed by atoms with Crippen molar-refractivity contribution in [2.45, 2.75) is 39.9 Å². The van der Waals surface area contributed by atoms with Gasteiger partial charge >= 0.3 is 11.9 Å². The number of allylic oxidation sites excluding steroid dienone is 2. The van der Waals surface area contributed by atoms with E-state index >= 15 is 0 Å². The number of ketones is 1. The molecule has 0 amide bonds. The molecular weight excluding hydrogens is 250 g/mol. The van der Waals surface area contributed by atoms with Gasteiger partial charge < -0.3 is 15.2 Å². The second kappa shape index (κ2) is 5.42. The number of esters is 2. The molecule has 1 aliphatic heterocycles.